The number of hydrogen-bond donors (Lipinski definition) is 1. The predicted molar refractivity (Wildman–Crippen MR) is 79.2 cm³/mol. The van der Waals surface area contributed by atoms with Crippen LogP contribution in [0.2, 0.25) is 0 Å². The minimum atomic E-state index is -0.227. The van der Waals surface area contributed by atoms with Gasteiger partial charge in [0.25, 0.3) is 0 Å². The summed E-state index contributed by atoms with van der Waals surface area (Å²) in [5, 5.41) is 0. The smallest absolute Gasteiger partial charge is 0.125 e. The molecule has 1 aliphatic rings. The molecule has 3 rings (SSSR count). The van der Waals surface area contributed by atoms with Crippen LogP contribution in [-0.4, -0.2) is 16.1 Å². The Morgan fingerprint density at radius 2 is 2.05 bits per heavy atom. The van der Waals surface area contributed by atoms with E-state index in [4.69, 9.17) is 10.7 Å². The van der Waals surface area contributed by atoms with Gasteiger partial charge in [-0.2, -0.15) is 0 Å². The molecule has 0 spiro atoms. The number of benzene rings is 1. The molecule has 3 nitrogen and oxygen atoms in total. The number of imidazole rings is 1. The van der Waals surface area contributed by atoms with Gasteiger partial charge in [-0.05, 0) is 31.9 Å². The van der Waals surface area contributed by atoms with Gasteiger partial charge in [-0.15, -0.1) is 0 Å². The lowest BCUT2D eigenvalue weighted by atomic mass is 9.73. The zero-order valence-corrected chi connectivity index (χ0v) is 12.0. The van der Waals surface area contributed by atoms with Crippen LogP contribution in [0.15, 0.2) is 18.2 Å². The predicted octanol–water partition coefficient (Wildman–Crippen LogP) is 3.36. The highest BCUT2D eigenvalue weighted by Gasteiger charge is 2.37. The Morgan fingerprint density at radius 3 is 2.70 bits per heavy atom. The molecule has 0 atom stereocenters. The van der Waals surface area contributed by atoms with E-state index >= 15 is 0 Å². The van der Waals surface area contributed by atoms with Crippen molar-refractivity contribution in [2.24, 2.45) is 5.73 Å². The molecule has 108 valence electrons. The van der Waals surface area contributed by atoms with Crippen LogP contribution in [0.1, 0.15) is 44.9 Å². The van der Waals surface area contributed by atoms with Crippen molar-refractivity contribution >= 4 is 11.0 Å². The summed E-state index contributed by atoms with van der Waals surface area (Å²) in [5.41, 5.74) is 7.86. The molecule has 20 heavy (non-hydrogen) atoms. The summed E-state index contributed by atoms with van der Waals surface area (Å²) in [5.74, 6) is 0.832. The van der Waals surface area contributed by atoms with E-state index in [-0.39, 0.29) is 11.2 Å². The highest BCUT2D eigenvalue weighted by atomic mass is 19.1. The van der Waals surface area contributed by atoms with Gasteiger partial charge in [0.15, 0.2) is 0 Å². The van der Waals surface area contributed by atoms with Crippen molar-refractivity contribution < 1.29 is 4.39 Å². The zero-order valence-electron chi connectivity index (χ0n) is 12.0. The Balaban J connectivity index is 2.18. The quantitative estimate of drug-likeness (QED) is 0.933. The van der Waals surface area contributed by atoms with Gasteiger partial charge in [0.2, 0.25) is 0 Å². The highest BCUT2D eigenvalue weighted by molar-refractivity contribution is 5.76. The van der Waals surface area contributed by atoms with Gasteiger partial charge < -0.3 is 10.3 Å². The molecule has 0 radical (unpaired) electrons. The molecule has 1 aromatic heterocycles. The van der Waals surface area contributed by atoms with Crippen molar-refractivity contribution in [1.82, 2.24) is 9.55 Å². The van der Waals surface area contributed by atoms with Crippen LogP contribution in [0.4, 0.5) is 4.39 Å². The fraction of sp³-hybridized carbons (Fsp3) is 0.562. The maximum absolute atomic E-state index is 13.4. The SMILES string of the molecule is CCn1c(C2(CN)CCCCC2)nc2cc(F)ccc21. The first-order chi connectivity index (χ1) is 9.70. The molecule has 1 aromatic carbocycles. The largest absolute Gasteiger partial charge is 0.329 e. The molecular formula is C16H22FN3. The van der Waals surface area contributed by atoms with E-state index in [1.165, 1.54) is 31.4 Å². The monoisotopic (exact) mass is 275 g/mol. The number of nitrogens with two attached hydrogens (primary N) is 1. The molecule has 1 saturated carbocycles. The van der Waals surface area contributed by atoms with Crippen LogP contribution in [0.5, 0.6) is 0 Å². The molecule has 2 N–H and O–H groups in total. The van der Waals surface area contributed by atoms with Crippen molar-refractivity contribution in [2.45, 2.75) is 51.0 Å². The lowest BCUT2D eigenvalue weighted by molar-refractivity contribution is 0.278. The molecule has 1 aliphatic carbocycles. The average Bonchev–Trinajstić information content (AvgIpc) is 2.86. The van der Waals surface area contributed by atoms with Gasteiger partial charge in [-0.3, -0.25) is 0 Å². The van der Waals surface area contributed by atoms with E-state index in [1.807, 2.05) is 6.07 Å². The first kappa shape index (κ1) is 13.6. The topological polar surface area (TPSA) is 43.8 Å². The second kappa shape index (κ2) is 5.17. The van der Waals surface area contributed by atoms with Gasteiger partial charge in [-0.25, -0.2) is 9.37 Å². The van der Waals surface area contributed by atoms with E-state index in [2.05, 4.69) is 11.5 Å². The summed E-state index contributed by atoms with van der Waals surface area (Å²) in [6, 6.07) is 4.87. The third-order valence-corrected chi connectivity index (χ3v) is 4.70. The zero-order chi connectivity index (χ0) is 14.2. The van der Waals surface area contributed by atoms with E-state index < -0.39 is 0 Å². The molecule has 4 heteroatoms. The minimum Gasteiger partial charge on any atom is -0.329 e. The van der Waals surface area contributed by atoms with Crippen LogP contribution < -0.4 is 5.73 Å². The van der Waals surface area contributed by atoms with E-state index in [9.17, 15) is 4.39 Å². The van der Waals surface area contributed by atoms with Crippen molar-refractivity contribution in [1.29, 1.82) is 0 Å². The second-order valence-corrected chi connectivity index (χ2v) is 5.86. The minimum absolute atomic E-state index is 0.0241. The molecule has 0 saturated heterocycles. The van der Waals surface area contributed by atoms with Crippen molar-refractivity contribution in [2.75, 3.05) is 6.54 Å². The standard InChI is InChI=1S/C16H22FN3/c1-2-20-14-7-6-12(17)10-13(14)19-15(20)16(11-18)8-4-3-5-9-16/h6-7,10H,2-5,8-9,11,18H2,1H3. The first-order valence-corrected chi connectivity index (χ1v) is 7.56. The normalized spacial score (nSPS) is 18.6. The number of nitrogens with zero attached hydrogens (tertiary/aromatic N) is 2. The molecule has 2 aromatic rings. The number of aromatic nitrogens is 2. The van der Waals surface area contributed by atoms with Gasteiger partial charge in [0.1, 0.15) is 11.6 Å². The fourth-order valence-corrected chi connectivity index (χ4v) is 3.58. The Morgan fingerprint density at radius 1 is 1.30 bits per heavy atom. The highest BCUT2D eigenvalue weighted by Crippen LogP contribution is 2.39. The Labute approximate surface area is 119 Å². The summed E-state index contributed by atoms with van der Waals surface area (Å²) < 4.78 is 15.6. The van der Waals surface area contributed by atoms with E-state index in [0.717, 1.165) is 36.2 Å². The Hall–Kier alpha value is -1.42. The van der Waals surface area contributed by atoms with Crippen molar-refractivity contribution in [3.05, 3.63) is 29.8 Å². The van der Waals surface area contributed by atoms with Gasteiger partial charge in [0.05, 0.1) is 11.0 Å². The number of fused-ring (bicyclic) bond motifs is 1. The van der Waals surface area contributed by atoms with Crippen LogP contribution in [0.3, 0.4) is 0 Å². The summed E-state index contributed by atoms with van der Waals surface area (Å²) in [6.07, 6.45) is 5.88. The van der Waals surface area contributed by atoms with Crippen LogP contribution in [-0.2, 0) is 12.0 Å². The van der Waals surface area contributed by atoms with E-state index in [0.29, 0.717) is 6.54 Å². The van der Waals surface area contributed by atoms with Gasteiger partial charge in [0, 0.05) is 24.6 Å². The maximum atomic E-state index is 13.4. The average molecular weight is 275 g/mol. The van der Waals surface area contributed by atoms with Crippen LogP contribution in [0, 0.1) is 5.82 Å². The second-order valence-electron chi connectivity index (χ2n) is 5.86. The maximum Gasteiger partial charge on any atom is 0.125 e. The number of halogens is 1. The summed E-state index contributed by atoms with van der Waals surface area (Å²) in [4.78, 5) is 4.75. The summed E-state index contributed by atoms with van der Waals surface area (Å²) in [7, 11) is 0. The third-order valence-electron chi connectivity index (χ3n) is 4.70. The lowest BCUT2D eigenvalue weighted by Crippen LogP contribution is -2.39. The van der Waals surface area contributed by atoms with Gasteiger partial charge >= 0.3 is 0 Å². The molecule has 0 unspecified atom stereocenters. The van der Waals surface area contributed by atoms with Crippen molar-refractivity contribution in [3.63, 3.8) is 0 Å². The number of aryl methyl sites for hydroxylation is 1. The number of rotatable bonds is 3. The Kier molecular flexibility index (Phi) is 3.50. The fourth-order valence-electron chi connectivity index (χ4n) is 3.58. The number of hydrogen-bond acceptors (Lipinski definition) is 2. The van der Waals surface area contributed by atoms with Crippen LogP contribution in [0.25, 0.3) is 11.0 Å². The summed E-state index contributed by atoms with van der Waals surface area (Å²) in [6.45, 7) is 3.58. The summed E-state index contributed by atoms with van der Waals surface area (Å²) >= 11 is 0. The molecule has 0 bridgehead atoms. The van der Waals surface area contributed by atoms with E-state index in [1.54, 1.807) is 0 Å². The van der Waals surface area contributed by atoms with Crippen molar-refractivity contribution in [3.8, 4) is 0 Å². The Bertz CT molecular complexity index is 611. The lowest BCUT2D eigenvalue weighted by Gasteiger charge is -2.35. The van der Waals surface area contributed by atoms with Crippen LogP contribution >= 0.6 is 0 Å². The molecule has 1 heterocycles. The molecular weight excluding hydrogens is 253 g/mol. The molecule has 1 fully saturated rings. The molecule has 0 amide bonds. The van der Waals surface area contributed by atoms with Gasteiger partial charge in [-0.1, -0.05) is 19.3 Å². The first-order valence-electron chi connectivity index (χ1n) is 7.56. The third kappa shape index (κ3) is 2.03. The molecule has 0 aliphatic heterocycles.